The highest BCUT2D eigenvalue weighted by Gasteiger charge is 2.41. The molecule has 1 atom stereocenters. The lowest BCUT2D eigenvalue weighted by Crippen LogP contribution is -2.20. The van der Waals surface area contributed by atoms with Gasteiger partial charge in [-0.15, -0.1) is 0 Å². The Bertz CT molecular complexity index is 413. The van der Waals surface area contributed by atoms with E-state index >= 15 is 0 Å². The number of carbonyl (C=O) groups is 2. The summed E-state index contributed by atoms with van der Waals surface area (Å²) in [6.07, 6.45) is 3.06. The molecule has 17 heavy (non-hydrogen) atoms. The van der Waals surface area contributed by atoms with Crippen molar-refractivity contribution in [1.82, 2.24) is 0 Å². The fraction of sp³-hybridized carbons (Fsp3) is 0.400. The Morgan fingerprint density at radius 1 is 1.06 bits per heavy atom. The second-order valence-corrected chi connectivity index (χ2v) is 4.66. The molecule has 2 nitrogen and oxygen atoms in total. The zero-order valence-corrected chi connectivity index (χ0v) is 10.3. The van der Waals surface area contributed by atoms with Crippen LogP contribution in [0.25, 0.3) is 0 Å². The molecule has 1 radical (unpaired) electrons. The Hall–Kier alpha value is -1.44. The van der Waals surface area contributed by atoms with Crippen molar-refractivity contribution < 1.29 is 9.59 Å². The van der Waals surface area contributed by atoms with Crippen molar-refractivity contribution in [3.05, 3.63) is 41.3 Å². The number of hydrogen-bond donors (Lipinski definition) is 0. The van der Waals surface area contributed by atoms with Gasteiger partial charge in [0.05, 0.1) is 0 Å². The number of rotatable bonds is 4. The van der Waals surface area contributed by atoms with Gasteiger partial charge in [0.1, 0.15) is 5.92 Å². The fourth-order valence-electron chi connectivity index (χ4n) is 2.37. The van der Waals surface area contributed by atoms with Gasteiger partial charge in [0.2, 0.25) is 0 Å². The Morgan fingerprint density at radius 2 is 1.59 bits per heavy atom. The number of benzene rings is 1. The van der Waals surface area contributed by atoms with E-state index in [-0.39, 0.29) is 17.5 Å². The van der Waals surface area contributed by atoms with E-state index in [0.29, 0.717) is 17.0 Å². The van der Waals surface area contributed by atoms with Gasteiger partial charge in [0.15, 0.2) is 11.6 Å². The maximum atomic E-state index is 12.2. The molecule has 0 aromatic heterocycles. The highest BCUT2D eigenvalue weighted by Crippen LogP contribution is 2.35. The Balaban J connectivity index is 2.24. The van der Waals surface area contributed by atoms with E-state index in [0.717, 1.165) is 19.3 Å². The van der Waals surface area contributed by atoms with Gasteiger partial charge >= 0.3 is 0 Å². The van der Waals surface area contributed by atoms with Crippen LogP contribution in [0.2, 0.25) is 0 Å². The molecule has 1 aliphatic carbocycles. The zero-order valence-electron chi connectivity index (χ0n) is 10.3. The van der Waals surface area contributed by atoms with Crippen LogP contribution in [0.1, 0.15) is 53.8 Å². The van der Waals surface area contributed by atoms with E-state index in [1.54, 1.807) is 12.1 Å². The van der Waals surface area contributed by atoms with Gasteiger partial charge in [0, 0.05) is 11.1 Å². The smallest absolute Gasteiger partial charge is 0.179 e. The van der Waals surface area contributed by atoms with Gasteiger partial charge in [-0.3, -0.25) is 9.59 Å². The Kier molecular flexibility index (Phi) is 3.41. The third-order valence-electron chi connectivity index (χ3n) is 3.39. The quantitative estimate of drug-likeness (QED) is 0.792. The highest BCUT2D eigenvalue weighted by molar-refractivity contribution is 6.36. The average molecular weight is 229 g/mol. The minimum absolute atomic E-state index is 0.0609. The molecule has 0 fully saturated rings. The highest BCUT2D eigenvalue weighted by atomic mass is 16.2. The van der Waals surface area contributed by atoms with Crippen molar-refractivity contribution in [2.75, 3.05) is 0 Å². The van der Waals surface area contributed by atoms with E-state index in [4.69, 9.17) is 0 Å². The first-order valence-corrected chi connectivity index (χ1v) is 6.22. The van der Waals surface area contributed by atoms with E-state index in [9.17, 15) is 9.59 Å². The number of unbranched alkanes of at least 4 members (excludes halogenated alkanes) is 1. The lowest BCUT2D eigenvalue weighted by Gasteiger charge is -2.14. The predicted molar refractivity (Wildman–Crippen MR) is 67.0 cm³/mol. The second-order valence-electron chi connectivity index (χ2n) is 4.66. The second kappa shape index (κ2) is 4.82. The Morgan fingerprint density at radius 3 is 2.06 bits per heavy atom. The van der Waals surface area contributed by atoms with Crippen LogP contribution in [0.4, 0.5) is 0 Å². The van der Waals surface area contributed by atoms with Crippen LogP contribution in [0, 0.1) is 11.8 Å². The molecular formula is C15H17O2. The third-order valence-corrected chi connectivity index (χ3v) is 3.39. The molecule has 1 unspecified atom stereocenters. The molecule has 0 aliphatic heterocycles. The summed E-state index contributed by atoms with van der Waals surface area (Å²) in [7, 11) is 0. The fourth-order valence-corrected chi connectivity index (χ4v) is 2.37. The molecule has 0 saturated heterocycles. The lowest BCUT2D eigenvalue weighted by molar-refractivity contribution is 0.0925. The summed E-state index contributed by atoms with van der Waals surface area (Å²) >= 11 is 0. The molecule has 1 aliphatic rings. The minimum Gasteiger partial charge on any atom is -0.293 e. The molecule has 1 aromatic carbocycles. The van der Waals surface area contributed by atoms with Gasteiger partial charge in [-0.05, 0) is 12.3 Å². The number of hydrogen-bond acceptors (Lipinski definition) is 2. The molecule has 0 saturated carbocycles. The molecule has 1 aromatic rings. The summed E-state index contributed by atoms with van der Waals surface area (Å²) in [6, 6.07) is 7.11. The van der Waals surface area contributed by atoms with Crippen molar-refractivity contribution in [3.8, 4) is 0 Å². The molecule has 2 rings (SSSR count). The maximum Gasteiger partial charge on any atom is 0.179 e. The summed E-state index contributed by atoms with van der Waals surface area (Å²) in [6.45, 7) is 4.09. The van der Waals surface area contributed by atoms with Gasteiger partial charge in [0.25, 0.3) is 0 Å². The van der Waals surface area contributed by atoms with Crippen LogP contribution >= 0.6 is 0 Å². The molecule has 0 N–H and O–H groups in total. The SMILES string of the molecule is CCCCC(C)[C]1C(=O)c2ccccc2C1=O. The summed E-state index contributed by atoms with van der Waals surface area (Å²) in [5.74, 6) is 0.436. The van der Waals surface area contributed by atoms with Gasteiger partial charge in [-0.25, -0.2) is 0 Å². The standard InChI is InChI=1S/C15H17O2/c1-3-4-7-10(2)13-14(16)11-8-5-6-9-12(11)15(13)17/h5-6,8-10H,3-4,7H2,1-2H3. The molecule has 0 amide bonds. The topological polar surface area (TPSA) is 34.1 Å². The lowest BCUT2D eigenvalue weighted by atomic mass is 9.86. The normalized spacial score (nSPS) is 17.3. The minimum atomic E-state index is -0.0609. The van der Waals surface area contributed by atoms with Crippen molar-refractivity contribution in [3.63, 3.8) is 0 Å². The van der Waals surface area contributed by atoms with Gasteiger partial charge in [-0.2, -0.15) is 0 Å². The number of fused-ring (bicyclic) bond motifs is 1. The van der Waals surface area contributed by atoms with Gasteiger partial charge in [-0.1, -0.05) is 51.0 Å². The molecule has 89 valence electrons. The number of carbonyl (C=O) groups excluding carboxylic acids is 2. The van der Waals surface area contributed by atoms with E-state index < -0.39 is 0 Å². The summed E-state index contributed by atoms with van der Waals surface area (Å²) in [5.41, 5.74) is 1.16. The van der Waals surface area contributed by atoms with Crippen LogP contribution in [-0.2, 0) is 0 Å². The first-order valence-electron chi connectivity index (χ1n) is 6.22. The number of ketones is 2. The summed E-state index contributed by atoms with van der Waals surface area (Å²) in [4.78, 5) is 24.3. The third kappa shape index (κ3) is 2.04. The first-order chi connectivity index (χ1) is 8.16. The van der Waals surface area contributed by atoms with E-state index in [2.05, 4.69) is 6.92 Å². The van der Waals surface area contributed by atoms with E-state index in [1.165, 1.54) is 0 Å². The van der Waals surface area contributed by atoms with Crippen LogP contribution in [0.3, 0.4) is 0 Å². The largest absolute Gasteiger partial charge is 0.293 e. The van der Waals surface area contributed by atoms with Crippen LogP contribution in [0.5, 0.6) is 0 Å². The van der Waals surface area contributed by atoms with Gasteiger partial charge < -0.3 is 0 Å². The van der Waals surface area contributed by atoms with Crippen molar-refractivity contribution in [2.45, 2.75) is 33.1 Å². The average Bonchev–Trinajstić information content (AvgIpc) is 2.60. The van der Waals surface area contributed by atoms with Crippen LogP contribution in [0.15, 0.2) is 24.3 Å². The van der Waals surface area contributed by atoms with Crippen LogP contribution < -0.4 is 0 Å². The van der Waals surface area contributed by atoms with Crippen molar-refractivity contribution in [1.29, 1.82) is 0 Å². The van der Waals surface area contributed by atoms with Crippen LogP contribution in [-0.4, -0.2) is 11.6 Å². The summed E-state index contributed by atoms with van der Waals surface area (Å²) in [5, 5.41) is 0. The summed E-state index contributed by atoms with van der Waals surface area (Å²) < 4.78 is 0. The molecular weight excluding hydrogens is 212 g/mol. The molecule has 2 heteroatoms. The first kappa shape index (κ1) is 12.0. The zero-order chi connectivity index (χ0) is 12.4. The monoisotopic (exact) mass is 229 g/mol. The maximum absolute atomic E-state index is 12.2. The van der Waals surface area contributed by atoms with E-state index in [1.807, 2.05) is 19.1 Å². The Labute approximate surface area is 102 Å². The predicted octanol–water partition coefficient (Wildman–Crippen LogP) is 3.47. The van der Waals surface area contributed by atoms with Crippen molar-refractivity contribution >= 4 is 11.6 Å². The van der Waals surface area contributed by atoms with Crippen molar-refractivity contribution in [2.24, 2.45) is 5.92 Å². The number of Topliss-reactive ketones (excluding diaryl/α,β-unsaturated/α-hetero) is 2. The molecule has 0 bridgehead atoms. The molecule has 0 heterocycles. The molecule has 0 spiro atoms.